The van der Waals surface area contributed by atoms with Crippen LogP contribution in [0.25, 0.3) is 16.5 Å². The molecule has 1 aliphatic carbocycles. The molecule has 0 atom stereocenters. The second-order valence-electron chi connectivity index (χ2n) is 3.99. The molecule has 1 aliphatic rings. The molecular weight excluding hydrogens is 216 g/mol. The molecule has 3 rings (SSSR count). The van der Waals surface area contributed by atoms with Crippen molar-refractivity contribution in [3.63, 3.8) is 0 Å². The minimum absolute atomic E-state index is 0.260. The number of carboxylic acids is 1. The van der Waals surface area contributed by atoms with Crippen LogP contribution in [-0.2, 0) is 11.2 Å². The van der Waals surface area contributed by atoms with E-state index < -0.39 is 5.97 Å². The van der Waals surface area contributed by atoms with Crippen LogP contribution in [-0.4, -0.2) is 16.1 Å². The molecule has 0 saturated carbocycles. The smallest absolute Gasteiger partial charge is 0.336 e. The van der Waals surface area contributed by atoms with Crippen LogP contribution in [0.4, 0.5) is 5.69 Å². The fourth-order valence-electron chi connectivity index (χ4n) is 2.23. The quantitative estimate of drug-likeness (QED) is 0.777. The lowest BCUT2D eigenvalue weighted by Crippen LogP contribution is -2.04. The predicted molar refractivity (Wildman–Crippen MR) is 65.5 cm³/mol. The molecule has 1 aromatic carbocycles. The normalized spacial score (nSPS) is 13.5. The highest BCUT2D eigenvalue weighted by molar-refractivity contribution is 6.20. The van der Waals surface area contributed by atoms with Crippen molar-refractivity contribution in [2.45, 2.75) is 6.42 Å². The van der Waals surface area contributed by atoms with Crippen LogP contribution in [0.3, 0.4) is 0 Å². The van der Waals surface area contributed by atoms with E-state index in [-0.39, 0.29) is 5.57 Å². The van der Waals surface area contributed by atoms with Gasteiger partial charge in [-0.2, -0.15) is 0 Å². The van der Waals surface area contributed by atoms with Crippen molar-refractivity contribution in [2.24, 2.45) is 0 Å². The number of hydrogen-bond donors (Lipinski definition) is 2. The number of carbonyl (C=O) groups is 1. The van der Waals surface area contributed by atoms with Crippen molar-refractivity contribution in [3.8, 4) is 0 Å². The highest BCUT2D eigenvalue weighted by atomic mass is 16.4. The van der Waals surface area contributed by atoms with E-state index in [2.05, 4.69) is 4.98 Å². The molecule has 17 heavy (non-hydrogen) atoms. The molecule has 84 valence electrons. The summed E-state index contributed by atoms with van der Waals surface area (Å²) >= 11 is 0. The topological polar surface area (TPSA) is 76.2 Å². The van der Waals surface area contributed by atoms with Gasteiger partial charge in [0.15, 0.2) is 0 Å². The molecule has 0 aliphatic heterocycles. The van der Waals surface area contributed by atoms with Crippen molar-refractivity contribution in [2.75, 3.05) is 5.73 Å². The highest BCUT2D eigenvalue weighted by Gasteiger charge is 2.24. The number of aromatic nitrogens is 1. The van der Waals surface area contributed by atoms with Gasteiger partial charge in [0, 0.05) is 17.4 Å². The van der Waals surface area contributed by atoms with E-state index in [1.807, 2.05) is 24.3 Å². The minimum Gasteiger partial charge on any atom is -0.478 e. The first kappa shape index (κ1) is 9.84. The Hall–Kier alpha value is -2.36. The van der Waals surface area contributed by atoms with Crippen LogP contribution in [0, 0.1) is 0 Å². The number of para-hydroxylation sites is 1. The van der Waals surface area contributed by atoms with Gasteiger partial charge in [-0.05, 0) is 6.07 Å². The molecule has 0 unspecified atom stereocenters. The maximum atomic E-state index is 11.1. The summed E-state index contributed by atoms with van der Waals surface area (Å²) < 4.78 is 0. The number of benzene rings is 1. The van der Waals surface area contributed by atoms with E-state index in [9.17, 15) is 4.79 Å². The minimum atomic E-state index is -0.951. The first-order chi connectivity index (χ1) is 8.18. The molecule has 0 amide bonds. The number of anilines is 1. The summed E-state index contributed by atoms with van der Waals surface area (Å²) in [5, 5.41) is 9.91. The van der Waals surface area contributed by atoms with Gasteiger partial charge in [0.05, 0.1) is 22.5 Å². The lowest BCUT2D eigenvalue weighted by Gasteiger charge is -2.09. The summed E-state index contributed by atoms with van der Waals surface area (Å²) in [6, 6.07) is 7.49. The van der Waals surface area contributed by atoms with Crippen LogP contribution in [0.15, 0.2) is 30.3 Å². The highest BCUT2D eigenvalue weighted by Crippen LogP contribution is 2.35. The summed E-state index contributed by atoms with van der Waals surface area (Å²) in [5.74, 6) is -0.951. The predicted octanol–water partition coefficient (Wildman–Crippen LogP) is 1.84. The number of allylic oxidation sites excluding steroid dienone is 1. The molecule has 0 radical (unpaired) electrons. The number of fused-ring (bicyclic) bond motifs is 2. The molecule has 0 saturated heterocycles. The van der Waals surface area contributed by atoms with Gasteiger partial charge in [-0.15, -0.1) is 0 Å². The molecule has 0 spiro atoms. The Kier molecular flexibility index (Phi) is 1.92. The Bertz CT molecular complexity index is 674. The fourth-order valence-corrected chi connectivity index (χ4v) is 2.23. The number of nitrogens with two attached hydrogens (primary N) is 1. The van der Waals surface area contributed by atoms with Crippen LogP contribution in [0.1, 0.15) is 11.3 Å². The third-order valence-corrected chi connectivity index (χ3v) is 3.01. The maximum absolute atomic E-state index is 11.1. The zero-order valence-corrected chi connectivity index (χ0v) is 8.97. The van der Waals surface area contributed by atoms with E-state index >= 15 is 0 Å². The summed E-state index contributed by atoms with van der Waals surface area (Å²) in [6.07, 6.45) is 2.20. The van der Waals surface area contributed by atoms with E-state index in [0.717, 1.165) is 16.6 Å². The van der Waals surface area contributed by atoms with Crippen LogP contribution in [0.2, 0.25) is 0 Å². The van der Waals surface area contributed by atoms with E-state index in [1.165, 1.54) is 0 Å². The molecule has 4 heteroatoms. The Labute approximate surface area is 97.4 Å². The van der Waals surface area contributed by atoms with Crippen molar-refractivity contribution in [3.05, 3.63) is 41.6 Å². The van der Waals surface area contributed by atoms with E-state index in [0.29, 0.717) is 17.7 Å². The molecule has 2 aromatic rings. The molecule has 0 fully saturated rings. The molecule has 4 nitrogen and oxygen atoms in total. The SMILES string of the molecule is Nc1c2c(nc3ccccc13)CC=C2C(=O)O. The Morgan fingerprint density at radius 2 is 2.12 bits per heavy atom. The second kappa shape index (κ2) is 3.31. The van der Waals surface area contributed by atoms with Gasteiger partial charge >= 0.3 is 5.97 Å². The van der Waals surface area contributed by atoms with Crippen LogP contribution in [0.5, 0.6) is 0 Å². The zero-order valence-electron chi connectivity index (χ0n) is 8.97. The van der Waals surface area contributed by atoms with E-state index in [4.69, 9.17) is 10.8 Å². The van der Waals surface area contributed by atoms with Gasteiger partial charge in [-0.25, -0.2) is 4.79 Å². The molecule has 3 N–H and O–H groups in total. The van der Waals surface area contributed by atoms with Crippen LogP contribution < -0.4 is 5.73 Å². The summed E-state index contributed by atoms with van der Waals surface area (Å²) in [7, 11) is 0. The molecule has 0 bridgehead atoms. The van der Waals surface area contributed by atoms with Gasteiger partial charge < -0.3 is 10.8 Å². The Balaban J connectivity index is 2.37. The average molecular weight is 226 g/mol. The van der Waals surface area contributed by atoms with Gasteiger partial charge in [0.2, 0.25) is 0 Å². The Morgan fingerprint density at radius 1 is 1.35 bits per heavy atom. The van der Waals surface area contributed by atoms with Gasteiger partial charge in [-0.1, -0.05) is 24.3 Å². The van der Waals surface area contributed by atoms with E-state index in [1.54, 1.807) is 6.08 Å². The first-order valence-electron chi connectivity index (χ1n) is 5.29. The first-order valence-corrected chi connectivity index (χ1v) is 5.29. The monoisotopic (exact) mass is 226 g/mol. The summed E-state index contributed by atoms with van der Waals surface area (Å²) in [5.41, 5.74) is 8.96. The molecule has 1 heterocycles. The number of carboxylic acid groups (broad SMARTS) is 1. The lowest BCUT2D eigenvalue weighted by atomic mass is 10.0. The largest absolute Gasteiger partial charge is 0.478 e. The van der Waals surface area contributed by atoms with Crippen molar-refractivity contribution in [1.82, 2.24) is 4.98 Å². The van der Waals surface area contributed by atoms with Crippen molar-refractivity contribution in [1.29, 1.82) is 0 Å². The zero-order chi connectivity index (χ0) is 12.0. The van der Waals surface area contributed by atoms with Gasteiger partial charge in [0.25, 0.3) is 0 Å². The Morgan fingerprint density at radius 3 is 2.88 bits per heavy atom. The third kappa shape index (κ3) is 1.30. The third-order valence-electron chi connectivity index (χ3n) is 3.01. The van der Waals surface area contributed by atoms with Gasteiger partial charge in [-0.3, -0.25) is 4.98 Å². The van der Waals surface area contributed by atoms with Crippen molar-refractivity contribution < 1.29 is 9.90 Å². The molecular formula is C13H10N2O2. The number of nitrogen functional groups attached to an aromatic ring is 1. The number of nitrogens with zero attached hydrogens (tertiary/aromatic N) is 1. The second-order valence-corrected chi connectivity index (χ2v) is 3.99. The number of aliphatic carboxylic acids is 1. The average Bonchev–Trinajstić information content (AvgIpc) is 2.73. The lowest BCUT2D eigenvalue weighted by molar-refractivity contribution is -0.130. The van der Waals surface area contributed by atoms with Crippen molar-refractivity contribution >= 4 is 28.1 Å². The van der Waals surface area contributed by atoms with Gasteiger partial charge in [0.1, 0.15) is 0 Å². The fraction of sp³-hybridized carbons (Fsp3) is 0.0769. The number of pyridine rings is 1. The standard InChI is InChI=1S/C13H10N2O2/c14-12-7-3-1-2-4-9(7)15-10-6-5-8(11(10)12)13(16)17/h1-5H,6H2,(H2,14,15)(H,16,17). The molecule has 1 aromatic heterocycles. The van der Waals surface area contributed by atoms with Crippen LogP contribution >= 0.6 is 0 Å². The number of rotatable bonds is 1. The number of hydrogen-bond acceptors (Lipinski definition) is 3. The maximum Gasteiger partial charge on any atom is 0.336 e. The summed E-state index contributed by atoms with van der Waals surface area (Å²) in [6.45, 7) is 0. The summed E-state index contributed by atoms with van der Waals surface area (Å²) in [4.78, 5) is 15.6.